The van der Waals surface area contributed by atoms with Gasteiger partial charge in [-0.2, -0.15) is 0 Å². The minimum absolute atomic E-state index is 0.0534. The van der Waals surface area contributed by atoms with Gasteiger partial charge in [0, 0.05) is 22.5 Å². The molecule has 1 aliphatic heterocycles. The predicted octanol–water partition coefficient (Wildman–Crippen LogP) is 5.54. The highest BCUT2D eigenvalue weighted by Crippen LogP contribution is 2.33. The Morgan fingerprint density at radius 1 is 1.08 bits per heavy atom. The van der Waals surface area contributed by atoms with Crippen LogP contribution in [0, 0.1) is 5.92 Å². The van der Waals surface area contributed by atoms with E-state index in [4.69, 9.17) is 23.2 Å². The molecule has 2 nitrogen and oxygen atoms in total. The molecule has 0 radical (unpaired) electrons. The maximum absolute atomic E-state index is 13.0. The number of piperidine rings is 1. The van der Waals surface area contributed by atoms with Gasteiger partial charge >= 0.3 is 0 Å². The zero-order chi connectivity index (χ0) is 17.1. The number of halogens is 2. The fourth-order valence-electron chi connectivity index (χ4n) is 3.44. The molecule has 0 bridgehead atoms. The molecule has 1 heterocycles. The van der Waals surface area contributed by atoms with E-state index in [-0.39, 0.29) is 17.9 Å². The summed E-state index contributed by atoms with van der Waals surface area (Å²) >= 11 is 12.6. The molecule has 3 rings (SSSR count). The van der Waals surface area contributed by atoms with Crippen molar-refractivity contribution in [3.05, 3.63) is 69.7 Å². The molecule has 0 unspecified atom stereocenters. The van der Waals surface area contributed by atoms with Crippen molar-refractivity contribution in [2.24, 2.45) is 5.92 Å². The van der Waals surface area contributed by atoms with Crippen LogP contribution in [0.3, 0.4) is 0 Å². The molecule has 0 aliphatic carbocycles. The molecule has 1 saturated heterocycles. The lowest BCUT2D eigenvalue weighted by Gasteiger charge is -2.37. The van der Waals surface area contributed by atoms with Crippen molar-refractivity contribution >= 4 is 29.1 Å². The maximum atomic E-state index is 13.0. The first-order chi connectivity index (χ1) is 11.6. The average molecular weight is 362 g/mol. The number of rotatable bonds is 4. The number of benzene rings is 2. The van der Waals surface area contributed by atoms with Crippen LogP contribution < -0.4 is 0 Å². The van der Waals surface area contributed by atoms with Crippen LogP contribution in [0.5, 0.6) is 0 Å². The summed E-state index contributed by atoms with van der Waals surface area (Å²) in [6, 6.07) is 15.8. The zero-order valence-corrected chi connectivity index (χ0v) is 15.2. The summed E-state index contributed by atoms with van der Waals surface area (Å²) < 4.78 is 0. The molecule has 1 aliphatic rings. The van der Waals surface area contributed by atoms with Crippen molar-refractivity contribution in [1.29, 1.82) is 0 Å². The first kappa shape index (κ1) is 17.3. The normalized spacial score (nSPS) is 19.4. The highest BCUT2D eigenvalue weighted by atomic mass is 35.5. The molecule has 1 amide bonds. The summed E-state index contributed by atoms with van der Waals surface area (Å²) in [6.07, 6.45) is 2.50. The van der Waals surface area contributed by atoms with Crippen molar-refractivity contribution in [3.63, 3.8) is 0 Å². The Balaban J connectivity index is 1.78. The molecule has 4 heteroatoms. The highest BCUT2D eigenvalue weighted by Gasteiger charge is 2.32. The van der Waals surface area contributed by atoms with Gasteiger partial charge in [-0.25, -0.2) is 0 Å². The second-order valence-electron chi connectivity index (χ2n) is 6.36. The van der Waals surface area contributed by atoms with Crippen LogP contribution in [-0.4, -0.2) is 17.4 Å². The Labute approximate surface area is 153 Å². The van der Waals surface area contributed by atoms with Gasteiger partial charge in [0.1, 0.15) is 0 Å². The highest BCUT2D eigenvalue weighted by molar-refractivity contribution is 6.36. The number of carbonyl (C=O) groups excluding carboxylic acids is 1. The second-order valence-corrected chi connectivity index (χ2v) is 7.18. The average Bonchev–Trinajstić information content (AvgIpc) is 2.60. The summed E-state index contributed by atoms with van der Waals surface area (Å²) in [6.45, 7) is 2.90. The largest absolute Gasteiger partial charge is 0.336 e. The summed E-state index contributed by atoms with van der Waals surface area (Å²) in [5, 5.41) is 1.28. The number of carbonyl (C=O) groups is 1. The van der Waals surface area contributed by atoms with Crippen LogP contribution in [-0.2, 0) is 11.2 Å². The van der Waals surface area contributed by atoms with E-state index in [9.17, 15) is 4.79 Å². The van der Waals surface area contributed by atoms with E-state index in [0.29, 0.717) is 16.5 Å². The van der Waals surface area contributed by atoms with Gasteiger partial charge in [0.15, 0.2) is 0 Å². The lowest BCUT2D eigenvalue weighted by Crippen LogP contribution is -2.43. The molecule has 0 aromatic heterocycles. The van der Waals surface area contributed by atoms with Gasteiger partial charge in [-0.1, -0.05) is 59.6 Å². The molecular weight excluding hydrogens is 341 g/mol. The van der Waals surface area contributed by atoms with Crippen LogP contribution in [0.1, 0.15) is 36.9 Å². The van der Waals surface area contributed by atoms with Crippen molar-refractivity contribution < 1.29 is 4.79 Å². The van der Waals surface area contributed by atoms with E-state index in [1.165, 1.54) is 5.56 Å². The van der Waals surface area contributed by atoms with Crippen LogP contribution in [0.2, 0.25) is 10.0 Å². The Hall–Kier alpha value is -1.51. The van der Waals surface area contributed by atoms with E-state index in [1.807, 2.05) is 41.3 Å². The summed E-state index contributed by atoms with van der Waals surface area (Å²) in [5.41, 5.74) is 2.05. The zero-order valence-electron chi connectivity index (χ0n) is 13.7. The summed E-state index contributed by atoms with van der Waals surface area (Å²) in [4.78, 5) is 15.0. The Kier molecular flexibility index (Phi) is 5.47. The molecule has 2 atom stereocenters. The third kappa shape index (κ3) is 3.60. The Bertz CT molecular complexity index is 697. The first-order valence-electron chi connectivity index (χ1n) is 8.36. The molecule has 0 spiro atoms. The van der Waals surface area contributed by atoms with Gasteiger partial charge in [0.25, 0.3) is 0 Å². The van der Waals surface area contributed by atoms with E-state index in [0.717, 1.165) is 24.9 Å². The third-order valence-corrected chi connectivity index (χ3v) is 5.55. The van der Waals surface area contributed by atoms with E-state index >= 15 is 0 Å². The van der Waals surface area contributed by atoms with Gasteiger partial charge in [0.2, 0.25) is 5.91 Å². The lowest BCUT2D eigenvalue weighted by molar-refractivity contribution is -0.140. The smallest absolute Gasteiger partial charge is 0.226 e. The number of nitrogens with zero attached hydrogens (tertiary/aromatic N) is 1. The number of amides is 1. The standard InChI is InChI=1S/C20H21Cl2NO/c1-14(15-7-3-2-4-8-15)23-12-6-9-16(20(23)24)13-17-18(21)10-5-11-19(17)22/h2-5,7-8,10-11,14,16H,6,9,12-13H2,1H3/t14-,16-/m0/s1. The summed E-state index contributed by atoms with van der Waals surface area (Å²) in [7, 11) is 0. The van der Waals surface area contributed by atoms with Crippen molar-refractivity contribution in [3.8, 4) is 0 Å². The fourth-order valence-corrected chi connectivity index (χ4v) is 3.99. The van der Waals surface area contributed by atoms with Crippen LogP contribution in [0.4, 0.5) is 0 Å². The topological polar surface area (TPSA) is 20.3 Å². The Morgan fingerprint density at radius 2 is 1.75 bits per heavy atom. The third-order valence-electron chi connectivity index (χ3n) is 4.85. The second kappa shape index (κ2) is 7.58. The van der Waals surface area contributed by atoms with Gasteiger partial charge in [-0.05, 0) is 49.4 Å². The molecule has 0 N–H and O–H groups in total. The number of hydrogen-bond acceptors (Lipinski definition) is 1. The quantitative estimate of drug-likeness (QED) is 0.700. The minimum Gasteiger partial charge on any atom is -0.336 e. The van der Waals surface area contributed by atoms with Crippen LogP contribution in [0.25, 0.3) is 0 Å². The predicted molar refractivity (Wildman–Crippen MR) is 99.5 cm³/mol. The number of likely N-dealkylation sites (tertiary alicyclic amines) is 1. The van der Waals surface area contributed by atoms with Crippen molar-refractivity contribution in [2.45, 2.75) is 32.2 Å². The van der Waals surface area contributed by atoms with Gasteiger partial charge < -0.3 is 4.90 Å². The van der Waals surface area contributed by atoms with Crippen molar-refractivity contribution in [2.75, 3.05) is 6.54 Å². The molecular formula is C20H21Cl2NO. The molecule has 1 fully saturated rings. The van der Waals surface area contributed by atoms with Gasteiger partial charge in [0.05, 0.1) is 6.04 Å². The fraction of sp³-hybridized carbons (Fsp3) is 0.350. The van der Waals surface area contributed by atoms with Crippen LogP contribution in [0.15, 0.2) is 48.5 Å². The van der Waals surface area contributed by atoms with E-state index < -0.39 is 0 Å². The van der Waals surface area contributed by atoms with Crippen molar-refractivity contribution in [1.82, 2.24) is 4.90 Å². The first-order valence-corrected chi connectivity index (χ1v) is 9.12. The SMILES string of the molecule is C[C@@H](c1ccccc1)N1CCC[C@@H](Cc2c(Cl)cccc2Cl)C1=O. The minimum atomic E-state index is -0.0534. The van der Waals surface area contributed by atoms with Gasteiger partial charge in [-0.15, -0.1) is 0 Å². The molecule has 126 valence electrons. The molecule has 24 heavy (non-hydrogen) atoms. The maximum Gasteiger partial charge on any atom is 0.226 e. The number of hydrogen-bond donors (Lipinski definition) is 0. The Morgan fingerprint density at radius 3 is 2.42 bits per heavy atom. The molecule has 0 saturated carbocycles. The molecule has 2 aromatic rings. The monoisotopic (exact) mass is 361 g/mol. The van der Waals surface area contributed by atoms with E-state index in [1.54, 1.807) is 0 Å². The summed E-state index contributed by atoms with van der Waals surface area (Å²) in [5.74, 6) is 0.149. The van der Waals surface area contributed by atoms with Crippen LogP contribution >= 0.6 is 23.2 Å². The van der Waals surface area contributed by atoms with E-state index in [2.05, 4.69) is 19.1 Å². The molecule has 2 aromatic carbocycles. The lowest BCUT2D eigenvalue weighted by atomic mass is 9.89. The van der Waals surface area contributed by atoms with Gasteiger partial charge in [-0.3, -0.25) is 4.79 Å².